The van der Waals surface area contributed by atoms with E-state index in [4.69, 9.17) is 9.84 Å². The summed E-state index contributed by atoms with van der Waals surface area (Å²) in [5.41, 5.74) is 0.632. The smallest absolute Gasteiger partial charge is 0.335 e. The molecular formula is C33H44ClN3O5. The highest BCUT2D eigenvalue weighted by Crippen LogP contribution is 2.36. The molecule has 0 aromatic heterocycles. The van der Waals surface area contributed by atoms with Crippen LogP contribution in [0.25, 0.3) is 0 Å². The van der Waals surface area contributed by atoms with Crippen LogP contribution in [0.3, 0.4) is 0 Å². The Bertz CT molecular complexity index is 1210. The number of carboxylic acid groups (broad SMARTS) is 1. The van der Waals surface area contributed by atoms with Crippen molar-refractivity contribution in [2.45, 2.75) is 89.3 Å². The summed E-state index contributed by atoms with van der Waals surface area (Å²) >= 11 is 0. The van der Waals surface area contributed by atoms with E-state index in [0.29, 0.717) is 36.8 Å². The molecule has 0 unspecified atom stereocenters. The molecule has 2 amide bonds. The molecule has 8 nitrogen and oxygen atoms in total. The second-order valence-electron chi connectivity index (χ2n) is 12.0. The number of hydrogen-bond donors (Lipinski definition) is 2. The number of aromatic carboxylic acids is 1. The molecule has 5 rings (SSSR count). The van der Waals surface area contributed by atoms with Gasteiger partial charge in [-0.2, -0.15) is 0 Å². The van der Waals surface area contributed by atoms with Crippen molar-refractivity contribution in [1.29, 1.82) is 0 Å². The van der Waals surface area contributed by atoms with Crippen molar-refractivity contribution in [3.05, 3.63) is 59.7 Å². The highest BCUT2D eigenvalue weighted by Gasteiger charge is 2.53. The quantitative estimate of drug-likeness (QED) is 0.347. The largest absolute Gasteiger partial charge is 0.478 e. The van der Waals surface area contributed by atoms with E-state index in [1.807, 2.05) is 29.2 Å². The molecule has 3 fully saturated rings. The van der Waals surface area contributed by atoms with Crippen LogP contribution in [-0.4, -0.2) is 63.9 Å². The van der Waals surface area contributed by atoms with Gasteiger partial charge in [0, 0.05) is 26.2 Å². The van der Waals surface area contributed by atoms with Gasteiger partial charge in [-0.05, 0) is 73.6 Å². The standard InChI is InChI=1S/C33H43N3O5.ClH/c1-2-3-19-36-30(37)29(22-24-7-5-4-6-8-24)34-32(40)33(36)17-20-35(21-18-33)23-25-9-13-27(14-10-25)41-28-15-11-26(12-16-28)31(38)39;/h9-16,24,29H,2-8,17-23H2,1H3,(H,34,40)(H,38,39);1H/t29-;/m0./s1. The van der Waals surface area contributed by atoms with Crippen molar-refractivity contribution in [3.63, 3.8) is 0 Å². The fraction of sp³-hybridized carbons (Fsp3) is 0.545. The number of hydrogen-bond acceptors (Lipinski definition) is 5. The number of unbranched alkanes of at least 4 members (excludes halogenated alkanes) is 1. The zero-order chi connectivity index (χ0) is 28.8. The number of halogens is 1. The van der Waals surface area contributed by atoms with Crippen LogP contribution in [-0.2, 0) is 16.1 Å². The number of carboxylic acids is 1. The van der Waals surface area contributed by atoms with Gasteiger partial charge in [0.15, 0.2) is 0 Å². The molecular weight excluding hydrogens is 554 g/mol. The first-order valence-electron chi connectivity index (χ1n) is 15.3. The summed E-state index contributed by atoms with van der Waals surface area (Å²) in [5, 5.41) is 12.2. The predicted octanol–water partition coefficient (Wildman–Crippen LogP) is 6.03. The number of benzene rings is 2. The minimum absolute atomic E-state index is 0. The topological polar surface area (TPSA) is 99.2 Å². The van der Waals surface area contributed by atoms with E-state index in [0.717, 1.165) is 44.5 Å². The summed E-state index contributed by atoms with van der Waals surface area (Å²) in [5.74, 6) is 1.01. The van der Waals surface area contributed by atoms with Crippen LogP contribution in [0.5, 0.6) is 11.5 Å². The zero-order valence-corrected chi connectivity index (χ0v) is 25.4. The van der Waals surface area contributed by atoms with Crippen LogP contribution in [0, 0.1) is 5.92 Å². The highest BCUT2D eigenvalue weighted by atomic mass is 35.5. The van der Waals surface area contributed by atoms with Gasteiger partial charge in [0.1, 0.15) is 23.1 Å². The van der Waals surface area contributed by atoms with Crippen LogP contribution in [0.4, 0.5) is 0 Å². The van der Waals surface area contributed by atoms with Crippen LogP contribution >= 0.6 is 12.4 Å². The number of piperazine rings is 1. The molecule has 1 atom stereocenters. The second-order valence-corrected chi connectivity index (χ2v) is 12.0. The maximum Gasteiger partial charge on any atom is 0.335 e. The van der Waals surface area contributed by atoms with Crippen molar-refractivity contribution >= 4 is 30.2 Å². The summed E-state index contributed by atoms with van der Waals surface area (Å²) in [6.45, 7) is 5.06. The normalized spacial score (nSPS) is 21.1. The van der Waals surface area contributed by atoms with Gasteiger partial charge in [-0.25, -0.2) is 4.79 Å². The van der Waals surface area contributed by atoms with Gasteiger partial charge in [0.25, 0.3) is 0 Å². The molecule has 1 spiro atoms. The van der Waals surface area contributed by atoms with Crippen LogP contribution < -0.4 is 10.1 Å². The van der Waals surface area contributed by atoms with E-state index in [1.54, 1.807) is 12.1 Å². The van der Waals surface area contributed by atoms with E-state index in [9.17, 15) is 14.4 Å². The first kappa shape index (κ1) is 31.8. The Hall–Kier alpha value is -3.10. The maximum atomic E-state index is 13.8. The van der Waals surface area contributed by atoms with Crippen molar-refractivity contribution in [2.75, 3.05) is 19.6 Å². The minimum atomic E-state index is -0.965. The molecule has 2 aliphatic heterocycles. The van der Waals surface area contributed by atoms with Crippen molar-refractivity contribution in [1.82, 2.24) is 15.1 Å². The number of amides is 2. The Kier molecular flexibility index (Phi) is 10.9. The van der Waals surface area contributed by atoms with Gasteiger partial charge in [0.05, 0.1) is 5.56 Å². The highest BCUT2D eigenvalue weighted by molar-refractivity contribution is 6.00. The van der Waals surface area contributed by atoms with Gasteiger partial charge in [0.2, 0.25) is 11.8 Å². The van der Waals surface area contributed by atoms with Gasteiger partial charge in [-0.15, -0.1) is 12.4 Å². The minimum Gasteiger partial charge on any atom is -0.478 e. The van der Waals surface area contributed by atoms with Crippen molar-refractivity contribution in [3.8, 4) is 11.5 Å². The Labute approximate surface area is 255 Å². The molecule has 2 heterocycles. The first-order chi connectivity index (χ1) is 19.9. The van der Waals surface area contributed by atoms with Gasteiger partial charge < -0.3 is 20.1 Å². The van der Waals surface area contributed by atoms with E-state index < -0.39 is 11.5 Å². The molecule has 1 aliphatic carbocycles. The third-order valence-electron chi connectivity index (χ3n) is 9.19. The Morgan fingerprint density at radius 3 is 2.19 bits per heavy atom. The summed E-state index contributed by atoms with van der Waals surface area (Å²) in [6, 6.07) is 13.9. The van der Waals surface area contributed by atoms with E-state index in [2.05, 4.69) is 17.1 Å². The number of carbonyl (C=O) groups is 3. The van der Waals surface area contributed by atoms with Crippen molar-refractivity contribution < 1.29 is 24.2 Å². The Morgan fingerprint density at radius 1 is 0.976 bits per heavy atom. The summed E-state index contributed by atoms with van der Waals surface area (Å²) in [7, 11) is 0. The molecule has 42 heavy (non-hydrogen) atoms. The van der Waals surface area contributed by atoms with E-state index in [-0.39, 0.29) is 35.8 Å². The monoisotopic (exact) mass is 597 g/mol. The van der Waals surface area contributed by atoms with Crippen molar-refractivity contribution in [2.24, 2.45) is 5.92 Å². The molecule has 2 aromatic rings. The lowest BCUT2D eigenvalue weighted by Gasteiger charge is -2.52. The first-order valence-corrected chi connectivity index (χ1v) is 15.3. The summed E-state index contributed by atoms with van der Waals surface area (Å²) < 4.78 is 5.87. The number of piperidine rings is 1. The zero-order valence-electron chi connectivity index (χ0n) is 24.6. The molecule has 0 radical (unpaired) electrons. The third-order valence-corrected chi connectivity index (χ3v) is 9.19. The lowest BCUT2D eigenvalue weighted by molar-refractivity contribution is -0.162. The Balaban J connectivity index is 0.00000405. The summed E-state index contributed by atoms with van der Waals surface area (Å²) in [6.07, 6.45) is 10.1. The lowest BCUT2D eigenvalue weighted by atomic mass is 9.79. The molecule has 0 bridgehead atoms. The number of nitrogens with zero attached hydrogens (tertiary/aromatic N) is 2. The molecule has 1 saturated carbocycles. The lowest BCUT2D eigenvalue weighted by Crippen LogP contribution is -2.73. The molecule has 228 valence electrons. The number of ether oxygens (including phenoxy) is 1. The van der Waals surface area contributed by atoms with E-state index in [1.165, 1.54) is 44.2 Å². The van der Waals surface area contributed by atoms with Gasteiger partial charge in [-0.1, -0.05) is 57.6 Å². The SMILES string of the molecule is CCCCN1C(=O)[C@H](CC2CCCCC2)NC(=O)C12CCN(Cc1ccc(Oc3ccc(C(=O)O)cc3)cc1)CC2.Cl. The van der Waals surface area contributed by atoms with E-state index >= 15 is 0 Å². The fourth-order valence-corrected chi connectivity index (χ4v) is 6.73. The number of carbonyl (C=O) groups excluding carboxylic acids is 2. The number of nitrogens with one attached hydrogen (secondary N) is 1. The maximum absolute atomic E-state index is 13.8. The second kappa shape index (κ2) is 14.4. The number of rotatable bonds is 10. The van der Waals surface area contributed by atoms with Gasteiger partial charge in [-0.3, -0.25) is 14.5 Å². The average molecular weight is 598 g/mol. The molecule has 2 saturated heterocycles. The molecule has 2 N–H and O–H groups in total. The van der Waals surface area contributed by atoms with Gasteiger partial charge >= 0.3 is 5.97 Å². The average Bonchev–Trinajstić information content (AvgIpc) is 2.99. The predicted molar refractivity (Wildman–Crippen MR) is 164 cm³/mol. The molecule has 2 aromatic carbocycles. The van der Waals surface area contributed by atoms with Crippen LogP contribution in [0.1, 0.15) is 87.1 Å². The molecule has 3 aliphatic rings. The Morgan fingerprint density at radius 2 is 1.60 bits per heavy atom. The van der Waals surface area contributed by atoms with Crippen LogP contribution in [0.15, 0.2) is 48.5 Å². The number of likely N-dealkylation sites (tertiary alicyclic amines) is 1. The van der Waals surface area contributed by atoms with Crippen LogP contribution in [0.2, 0.25) is 0 Å². The summed E-state index contributed by atoms with van der Waals surface area (Å²) in [4.78, 5) is 42.8. The fourth-order valence-electron chi connectivity index (χ4n) is 6.73. The molecule has 9 heteroatoms. The third kappa shape index (κ3) is 7.27.